The molecule has 0 N–H and O–H groups in total. The van der Waals surface area contributed by atoms with E-state index in [0.717, 1.165) is 74.0 Å². The summed E-state index contributed by atoms with van der Waals surface area (Å²) < 4.78 is 11.7. The maximum absolute atomic E-state index is 14.1. The Morgan fingerprint density at radius 2 is 1.74 bits per heavy atom. The topological polar surface area (TPSA) is 62.3 Å². The van der Waals surface area contributed by atoms with Crippen LogP contribution in [0.3, 0.4) is 0 Å². The Morgan fingerprint density at radius 3 is 2.52 bits per heavy atom. The minimum Gasteiger partial charge on any atom is -0.489 e. The van der Waals surface area contributed by atoms with Gasteiger partial charge in [-0.1, -0.05) is 49.1 Å². The zero-order valence-corrected chi connectivity index (χ0v) is 26.3. The van der Waals surface area contributed by atoms with E-state index < -0.39 is 0 Å². The van der Waals surface area contributed by atoms with Crippen LogP contribution in [0.2, 0.25) is 5.02 Å². The van der Waals surface area contributed by atoms with E-state index in [-0.39, 0.29) is 24.2 Å². The number of carbonyl (C=O) groups excluding carboxylic acids is 2. The minimum absolute atomic E-state index is 0.0288. The number of fused-ring (bicyclic) bond motifs is 2. The largest absolute Gasteiger partial charge is 0.489 e. The van der Waals surface area contributed by atoms with E-state index in [1.54, 1.807) is 0 Å². The molecular formula is C34H46ClN3O4. The summed E-state index contributed by atoms with van der Waals surface area (Å²) in [6.45, 7) is 11.0. The van der Waals surface area contributed by atoms with E-state index in [1.165, 1.54) is 6.42 Å². The van der Waals surface area contributed by atoms with Gasteiger partial charge in [-0.05, 0) is 68.9 Å². The zero-order chi connectivity index (χ0) is 29.6. The molecule has 1 saturated carbocycles. The van der Waals surface area contributed by atoms with Gasteiger partial charge in [-0.25, -0.2) is 0 Å². The van der Waals surface area contributed by atoms with Crippen LogP contribution in [0.15, 0.2) is 30.3 Å². The highest BCUT2D eigenvalue weighted by atomic mass is 35.5. The number of hydrogen-bond donors (Lipinski definition) is 0. The number of nitrogens with zero attached hydrogens (tertiary/aromatic N) is 3. The fourth-order valence-electron chi connectivity index (χ4n) is 6.62. The van der Waals surface area contributed by atoms with Crippen LogP contribution in [0, 0.1) is 12.8 Å². The third-order valence-electron chi connectivity index (χ3n) is 8.96. The molecule has 3 aliphatic rings. The highest BCUT2D eigenvalue weighted by Gasteiger charge is 2.30. The van der Waals surface area contributed by atoms with E-state index in [1.807, 2.05) is 23.1 Å². The van der Waals surface area contributed by atoms with Crippen molar-refractivity contribution in [3.05, 3.63) is 52.0 Å². The molecule has 8 heteroatoms. The van der Waals surface area contributed by atoms with Crippen molar-refractivity contribution in [3.8, 4) is 11.5 Å². The Bertz CT molecular complexity index is 1260. The lowest BCUT2D eigenvalue weighted by Gasteiger charge is -2.33. The van der Waals surface area contributed by atoms with Crippen molar-refractivity contribution >= 4 is 29.1 Å². The standard InChI is InChI=1S/C34H46ClN3O4/c1-24(2)36-14-8-15-38(34(40)27-11-5-4-6-12-27)32-25(3)10-7-13-28(32)23-37(17-16-36)31(39)22-26-20-29(35)33-30(21-26)41-18-9-19-42-33/h7,10,13,20-21,24,27H,4-6,8-9,11-12,14-19,22-23H2,1-3H3. The predicted molar refractivity (Wildman–Crippen MR) is 168 cm³/mol. The first-order chi connectivity index (χ1) is 20.3. The molecule has 0 radical (unpaired) electrons. The maximum atomic E-state index is 14.1. The molecule has 2 amide bonds. The number of anilines is 1. The molecule has 0 saturated heterocycles. The van der Waals surface area contributed by atoms with Crippen LogP contribution in [0.5, 0.6) is 11.5 Å². The maximum Gasteiger partial charge on any atom is 0.230 e. The summed E-state index contributed by atoms with van der Waals surface area (Å²) in [5.74, 6) is 1.52. The predicted octanol–water partition coefficient (Wildman–Crippen LogP) is 6.41. The van der Waals surface area contributed by atoms with Gasteiger partial charge in [-0.2, -0.15) is 0 Å². The van der Waals surface area contributed by atoms with Gasteiger partial charge in [0.15, 0.2) is 11.5 Å². The Morgan fingerprint density at radius 1 is 0.952 bits per heavy atom. The summed E-state index contributed by atoms with van der Waals surface area (Å²) >= 11 is 6.57. The number of para-hydroxylation sites is 1. The second-order valence-corrected chi connectivity index (χ2v) is 12.7. The number of amides is 2. The number of aryl methyl sites for hydroxylation is 1. The van der Waals surface area contributed by atoms with Gasteiger partial charge in [0.25, 0.3) is 0 Å². The molecule has 0 atom stereocenters. The Kier molecular flexibility index (Phi) is 10.3. The Balaban J connectivity index is 1.46. The molecule has 0 bridgehead atoms. The van der Waals surface area contributed by atoms with Crippen molar-refractivity contribution in [1.82, 2.24) is 9.80 Å². The first-order valence-electron chi connectivity index (χ1n) is 15.8. The molecule has 0 spiro atoms. The van der Waals surface area contributed by atoms with E-state index in [2.05, 4.69) is 42.7 Å². The lowest BCUT2D eigenvalue weighted by molar-refractivity contribution is -0.131. The molecule has 1 fully saturated rings. The number of carbonyl (C=O) groups is 2. The third kappa shape index (κ3) is 7.23. The third-order valence-corrected chi connectivity index (χ3v) is 9.24. The average molecular weight is 596 g/mol. The Labute approximate surface area is 256 Å². The van der Waals surface area contributed by atoms with Crippen LogP contribution in [0.1, 0.15) is 75.5 Å². The van der Waals surface area contributed by atoms with Gasteiger partial charge >= 0.3 is 0 Å². The first kappa shape index (κ1) is 30.7. The quantitative estimate of drug-likeness (QED) is 0.409. The van der Waals surface area contributed by atoms with Crippen LogP contribution in [0.25, 0.3) is 0 Å². The van der Waals surface area contributed by atoms with Gasteiger partial charge < -0.3 is 19.3 Å². The van der Waals surface area contributed by atoms with Crippen LogP contribution >= 0.6 is 11.6 Å². The van der Waals surface area contributed by atoms with Crippen LogP contribution < -0.4 is 14.4 Å². The summed E-state index contributed by atoms with van der Waals surface area (Å²) in [4.78, 5) is 34.5. The van der Waals surface area contributed by atoms with Crippen LogP contribution in [-0.2, 0) is 22.6 Å². The van der Waals surface area contributed by atoms with Gasteiger partial charge in [-0.15, -0.1) is 0 Å². The highest BCUT2D eigenvalue weighted by molar-refractivity contribution is 6.32. The number of benzene rings is 2. The van der Waals surface area contributed by atoms with Gasteiger partial charge in [-0.3, -0.25) is 14.5 Å². The number of ether oxygens (including phenoxy) is 2. The van der Waals surface area contributed by atoms with E-state index in [9.17, 15) is 9.59 Å². The first-order valence-corrected chi connectivity index (χ1v) is 16.2. The van der Waals surface area contributed by atoms with Crippen molar-refractivity contribution in [1.29, 1.82) is 0 Å². The minimum atomic E-state index is 0.0288. The highest BCUT2D eigenvalue weighted by Crippen LogP contribution is 2.38. The van der Waals surface area contributed by atoms with E-state index in [0.29, 0.717) is 55.4 Å². The van der Waals surface area contributed by atoms with E-state index >= 15 is 0 Å². The summed E-state index contributed by atoms with van der Waals surface area (Å²) in [5.41, 5.74) is 3.91. The lowest BCUT2D eigenvalue weighted by atomic mass is 9.87. The van der Waals surface area contributed by atoms with Crippen molar-refractivity contribution in [3.63, 3.8) is 0 Å². The smallest absolute Gasteiger partial charge is 0.230 e. The fourth-order valence-corrected chi connectivity index (χ4v) is 6.90. The molecule has 7 nitrogen and oxygen atoms in total. The lowest BCUT2D eigenvalue weighted by Crippen LogP contribution is -2.42. The van der Waals surface area contributed by atoms with Gasteiger partial charge in [0.2, 0.25) is 11.8 Å². The molecular weight excluding hydrogens is 550 g/mol. The van der Waals surface area contributed by atoms with Crippen molar-refractivity contribution in [2.24, 2.45) is 5.92 Å². The van der Waals surface area contributed by atoms with Crippen molar-refractivity contribution < 1.29 is 19.1 Å². The van der Waals surface area contributed by atoms with Crippen LogP contribution in [0.4, 0.5) is 5.69 Å². The summed E-state index contributed by atoms with van der Waals surface area (Å²) in [5, 5.41) is 0.471. The normalized spacial score (nSPS) is 19.2. The number of halogens is 1. The number of rotatable bonds is 4. The monoisotopic (exact) mass is 595 g/mol. The van der Waals surface area contributed by atoms with E-state index in [4.69, 9.17) is 21.1 Å². The molecule has 2 aromatic rings. The van der Waals surface area contributed by atoms with Crippen molar-refractivity contribution in [2.75, 3.05) is 44.3 Å². The summed E-state index contributed by atoms with van der Waals surface area (Å²) in [6, 6.07) is 10.3. The van der Waals surface area contributed by atoms with Crippen molar-refractivity contribution in [2.45, 2.75) is 84.7 Å². The number of hydrogen-bond acceptors (Lipinski definition) is 5. The molecule has 0 aromatic heterocycles. The molecule has 2 aliphatic heterocycles. The van der Waals surface area contributed by atoms with Gasteiger partial charge in [0, 0.05) is 51.1 Å². The summed E-state index contributed by atoms with van der Waals surface area (Å²) in [6.07, 6.45) is 7.30. The molecule has 0 unspecified atom stereocenters. The second kappa shape index (κ2) is 14.1. The van der Waals surface area contributed by atoms with Gasteiger partial charge in [0.05, 0.1) is 30.3 Å². The second-order valence-electron chi connectivity index (χ2n) is 12.3. The molecule has 228 valence electrons. The Hall–Kier alpha value is -2.77. The molecule has 2 aromatic carbocycles. The SMILES string of the molecule is Cc1cccc2c1N(C(=O)C1CCCCC1)CCCN(C(C)C)CCN(C(=O)Cc1cc(Cl)c3c(c1)OCCCO3)C2. The molecule has 1 aliphatic carbocycles. The van der Waals surface area contributed by atoms with Gasteiger partial charge in [0.1, 0.15) is 0 Å². The zero-order valence-electron chi connectivity index (χ0n) is 25.5. The summed E-state index contributed by atoms with van der Waals surface area (Å²) in [7, 11) is 0. The molecule has 2 heterocycles. The molecule has 42 heavy (non-hydrogen) atoms. The average Bonchev–Trinajstić information content (AvgIpc) is 3.24. The van der Waals surface area contributed by atoms with Crippen LogP contribution in [-0.4, -0.2) is 67.0 Å². The fraction of sp³-hybridized carbons (Fsp3) is 0.588. The molecule has 5 rings (SSSR count).